The zero-order chi connectivity index (χ0) is 21.1. The van der Waals surface area contributed by atoms with Crippen LogP contribution in [0.1, 0.15) is 35.4 Å². The molecule has 2 aliphatic rings. The predicted molar refractivity (Wildman–Crippen MR) is 111 cm³/mol. The van der Waals surface area contributed by atoms with E-state index in [0.717, 1.165) is 31.5 Å². The number of hydrogen-bond donors (Lipinski definition) is 0. The summed E-state index contributed by atoms with van der Waals surface area (Å²) in [6.07, 6.45) is 7.52. The van der Waals surface area contributed by atoms with Crippen molar-refractivity contribution in [2.75, 3.05) is 32.8 Å². The molecule has 0 aliphatic carbocycles. The van der Waals surface area contributed by atoms with Crippen LogP contribution >= 0.6 is 0 Å². The van der Waals surface area contributed by atoms with Crippen LogP contribution in [0.5, 0.6) is 5.88 Å². The molecule has 0 N–H and O–H groups in total. The van der Waals surface area contributed by atoms with Crippen molar-refractivity contribution >= 4 is 11.8 Å². The first-order valence-corrected chi connectivity index (χ1v) is 10.6. The van der Waals surface area contributed by atoms with Gasteiger partial charge in [-0.15, -0.1) is 0 Å². The van der Waals surface area contributed by atoms with Crippen LogP contribution in [0, 0.1) is 18.8 Å². The lowest BCUT2D eigenvalue weighted by Gasteiger charge is -2.33. The first-order valence-electron chi connectivity index (χ1n) is 10.6. The summed E-state index contributed by atoms with van der Waals surface area (Å²) in [7, 11) is 1.83. The van der Waals surface area contributed by atoms with Crippen molar-refractivity contribution in [1.29, 1.82) is 0 Å². The Hall–Kier alpha value is -2.90. The summed E-state index contributed by atoms with van der Waals surface area (Å²) in [4.78, 5) is 37.3. The van der Waals surface area contributed by atoms with Gasteiger partial charge in [-0.1, -0.05) is 0 Å². The minimum atomic E-state index is -0.0137. The molecule has 8 heteroatoms. The van der Waals surface area contributed by atoms with Gasteiger partial charge in [0.15, 0.2) is 5.82 Å². The maximum atomic E-state index is 12.6. The number of rotatable bonds is 6. The fraction of sp³-hybridized carbons (Fsp3) is 0.545. The zero-order valence-corrected chi connectivity index (χ0v) is 17.7. The summed E-state index contributed by atoms with van der Waals surface area (Å²) >= 11 is 0. The van der Waals surface area contributed by atoms with Gasteiger partial charge in [0.2, 0.25) is 11.8 Å². The van der Waals surface area contributed by atoms with E-state index in [1.807, 2.05) is 35.9 Å². The topological polar surface area (TPSA) is 80.6 Å². The lowest BCUT2D eigenvalue weighted by molar-refractivity contribution is -0.128. The van der Waals surface area contributed by atoms with Crippen molar-refractivity contribution in [2.45, 2.75) is 26.2 Å². The smallest absolute Gasteiger partial charge is 0.289 e. The molecule has 0 spiro atoms. The number of pyridine rings is 1. The second-order valence-electron chi connectivity index (χ2n) is 8.45. The van der Waals surface area contributed by atoms with Gasteiger partial charge in [0.05, 0.1) is 6.61 Å². The van der Waals surface area contributed by atoms with Crippen LogP contribution in [0.25, 0.3) is 0 Å². The van der Waals surface area contributed by atoms with Gasteiger partial charge in [-0.25, -0.2) is 9.97 Å². The van der Waals surface area contributed by atoms with E-state index in [1.54, 1.807) is 23.2 Å². The Balaban J connectivity index is 1.23. The van der Waals surface area contributed by atoms with E-state index in [9.17, 15) is 9.59 Å². The van der Waals surface area contributed by atoms with Crippen LogP contribution < -0.4 is 4.74 Å². The van der Waals surface area contributed by atoms with Crippen molar-refractivity contribution in [3.63, 3.8) is 0 Å². The highest BCUT2D eigenvalue weighted by Gasteiger charge is 2.33. The average molecular weight is 412 g/mol. The van der Waals surface area contributed by atoms with Crippen molar-refractivity contribution in [3.05, 3.63) is 42.1 Å². The van der Waals surface area contributed by atoms with Gasteiger partial charge in [-0.2, -0.15) is 0 Å². The highest BCUT2D eigenvalue weighted by atomic mass is 16.5. The van der Waals surface area contributed by atoms with Gasteiger partial charge in [-0.05, 0) is 37.3 Å². The third-order valence-electron chi connectivity index (χ3n) is 6.04. The number of nitrogens with zero attached hydrogens (tertiary/aromatic N) is 5. The number of ether oxygens (including phenoxy) is 1. The number of aromatic nitrogens is 3. The van der Waals surface area contributed by atoms with Crippen molar-refractivity contribution < 1.29 is 14.3 Å². The first kappa shape index (κ1) is 20.4. The fourth-order valence-electron chi connectivity index (χ4n) is 4.28. The lowest BCUT2D eigenvalue weighted by Crippen LogP contribution is -2.42. The number of piperidine rings is 1. The van der Waals surface area contributed by atoms with Crippen LogP contribution in [-0.2, 0) is 11.8 Å². The fourth-order valence-corrected chi connectivity index (χ4v) is 4.28. The molecule has 2 amide bonds. The van der Waals surface area contributed by atoms with Crippen LogP contribution in [0.2, 0.25) is 0 Å². The molecule has 1 atom stereocenters. The molecule has 2 aliphatic heterocycles. The molecule has 0 aromatic carbocycles. The number of imidazole rings is 1. The second-order valence-corrected chi connectivity index (χ2v) is 8.45. The molecule has 1 unspecified atom stereocenters. The maximum Gasteiger partial charge on any atom is 0.289 e. The molecule has 4 heterocycles. The molecule has 0 saturated carbocycles. The van der Waals surface area contributed by atoms with E-state index < -0.39 is 0 Å². The van der Waals surface area contributed by atoms with Crippen molar-refractivity contribution in [1.82, 2.24) is 24.3 Å². The maximum absolute atomic E-state index is 12.6. The summed E-state index contributed by atoms with van der Waals surface area (Å²) in [5.74, 6) is 1.91. The molecule has 2 aromatic rings. The highest BCUT2D eigenvalue weighted by molar-refractivity contribution is 5.90. The van der Waals surface area contributed by atoms with Gasteiger partial charge in [0, 0.05) is 70.2 Å². The quantitative estimate of drug-likeness (QED) is 0.725. The van der Waals surface area contributed by atoms with Crippen molar-refractivity contribution in [3.8, 4) is 5.88 Å². The molecule has 2 aromatic heterocycles. The van der Waals surface area contributed by atoms with Crippen LogP contribution in [0.4, 0.5) is 0 Å². The van der Waals surface area contributed by atoms with Gasteiger partial charge in [-0.3, -0.25) is 9.59 Å². The Bertz CT molecular complexity index is 904. The molecule has 2 saturated heterocycles. The number of hydrogen-bond acceptors (Lipinski definition) is 5. The highest BCUT2D eigenvalue weighted by Crippen LogP contribution is 2.25. The Morgan fingerprint density at radius 3 is 2.70 bits per heavy atom. The van der Waals surface area contributed by atoms with E-state index in [0.29, 0.717) is 43.7 Å². The molecule has 0 bridgehead atoms. The minimum Gasteiger partial charge on any atom is -0.477 e. The van der Waals surface area contributed by atoms with Gasteiger partial charge < -0.3 is 19.1 Å². The minimum absolute atomic E-state index is 0.0137. The standard InChI is InChI=1S/C22H29N5O3/c1-16-3-6-23-19(11-16)30-15-18-12-20(28)27(14-18)13-17-4-8-26(9-5-17)22(29)21-24-7-10-25(21)2/h3,6-7,10-11,17-18H,4-5,8-9,12-15H2,1-2H3. The van der Waals surface area contributed by atoms with Gasteiger partial charge >= 0.3 is 0 Å². The molecular weight excluding hydrogens is 382 g/mol. The number of carbonyl (C=O) groups excluding carboxylic acids is 2. The summed E-state index contributed by atoms with van der Waals surface area (Å²) in [6.45, 7) is 5.44. The normalized spacial score (nSPS) is 20.1. The molecule has 160 valence electrons. The number of carbonyl (C=O) groups is 2. The molecule has 0 radical (unpaired) electrons. The second kappa shape index (κ2) is 8.85. The first-order chi connectivity index (χ1) is 14.5. The van der Waals surface area contributed by atoms with E-state index in [4.69, 9.17) is 4.74 Å². The van der Waals surface area contributed by atoms with Gasteiger partial charge in [0.25, 0.3) is 5.91 Å². The van der Waals surface area contributed by atoms with Crippen LogP contribution in [0.3, 0.4) is 0 Å². The molecular formula is C22H29N5O3. The summed E-state index contributed by atoms with van der Waals surface area (Å²) in [5, 5.41) is 0. The van der Waals surface area contributed by atoms with E-state index in [1.165, 1.54) is 0 Å². The monoisotopic (exact) mass is 411 g/mol. The zero-order valence-electron chi connectivity index (χ0n) is 17.7. The largest absolute Gasteiger partial charge is 0.477 e. The predicted octanol–water partition coefficient (Wildman–Crippen LogP) is 1.90. The lowest BCUT2D eigenvalue weighted by atomic mass is 9.96. The molecule has 2 fully saturated rings. The Morgan fingerprint density at radius 1 is 1.20 bits per heavy atom. The Kier molecular flexibility index (Phi) is 6.01. The van der Waals surface area contributed by atoms with Crippen LogP contribution in [-0.4, -0.2) is 68.9 Å². The molecule has 30 heavy (non-hydrogen) atoms. The third kappa shape index (κ3) is 4.63. The van der Waals surface area contributed by atoms with Crippen LogP contribution in [0.15, 0.2) is 30.7 Å². The molecule has 8 nitrogen and oxygen atoms in total. The third-order valence-corrected chi connectivity index (χ3v) is 6.04. The summed E-state index contributed by atoms with van der Waals surface area (Å²) in [6, 6.07) is 3.84. The van der Waals surface area contributed by atoms with E-state index >= 15 is 0 Å². The van der Waals surface area contributed by atoms with Crippen molar-refractivity contribution in [2.24, 2.45) is 18.9 Å². The SMILES string of the molecule is Cc1ccnc(OCC2CC(=O)N(CC3CCN(C(=O)c4nccn4C)CC3)C2)c1. The number of aryl methyl sites for hydroxylation is 2. The van der Waals surface area contributed by atoms with E-state index in [2.05, 4.69) is 9.97 Å². The van der Waals surface area contributed by atoms with E-state index in [-0.39, 0.29) is 17.7 Å². The summed E-state index contributed by atoms with van der Waals surface area (Å²) in [5.41, 5.74) is 1.11. The summed E-state index contributed by atoms with van der Waals surface area (Å²) < 4.78 is 7.56. The Labute approximate surface area is 176 Å². The average Bonchev–Trinajstić information content (AvgIpc) is 3.32. The Morgan fingerprint density at radius 2 is 2.00 bits per heavy atom. The number of amides is 2. The number of likely N-dealkylation sites (tertiary alicyclic amines) is 2. The molecule has 4 rings (SSSR count). The van der Waals surface area contributed by atoms with Gasteiger partial charge in [0.1, 0.15) is 0 Å².